The summed E-state index contributed by atoms with van der Waals surface area (Å²) < 4.78 is 5.47. The zero-order valence-electron chi connectivity index (χ0n) is 12.2. The number of benzene rings is 1. The number of nitrogens with one attached hydrogen (secondary N) is 2. The molecule has 0 radical (unpaired) electrons. The van der Waals surface area contributed by atoms with Crippen LogP contribution in [0.2, 0.25) is 0 Å². The van der Waals surface area contributed by atoms with Crippen molar-refractivity contribution < 1.29 is 9.21 Å². The normalized spacial score (nSPS) is 12.3. The van der Waals surface area contributed by atoms with Crippen molar-refractivity contribution >= 4 is 16.8 Å². The summed E-state index contributed by atoms with van der Waals surface area (Å²) in [6, 6.07) is 10.2. The van der Waals surface area contributed by atoms with Crippen LogP contribution in [0.5, 0.6) is 0 Å². The molecular weight excluding hydrogens is 282 g/mol. The summed E-state index contributed by atoms with van der Waals surface area (Å²) in [7, 11) is 0. The number of carbonyl (C=O) groups excluding carboxylic acids is 1. The molecule has 0 aliphatic carbocycles. The second-order valence-corrected chi connectivity index (χ2v) is 5.08. The predicted molar refractivity (Wildman–Crippen MR) is 81.7 cm³/mol. The van der Waals surface area contributed by atoms with Crippen LogP contribution >= 0.6 is 0 Å². The molecule has 0 spiro atoms. The van der Waals surface area contributed by atoms with Crippen LogP contribution in [0.3, 0.4) is 0 Å². The quantitative estimate of drug-likeness (QED) is 0.776. The van der Waals surface area contributed by atoms with Crippen molar-refractivity contribution in [3.8, 4) is 0 Å². The number of carbonyl (C=O) groups is 1. The maximum Gasteiger partial charge on any atom is 0.287 e. The highest BCUT2D eigenvalue weighted by molar-refractivity contribution is 5.92. The molecule has 1 atom stereocenters. The molecule has 3 rings (SSSR count). The van der Waals surface area contributed by atoms with Crippen LogP contribution in [0.15, 0.2) is 45.6 Å². The summed E-state index contributed by atoms with van der Waals surface area (Å²) in [6.07, 6.45) is 0. The fourth-order valence-corrected chi connectivity index (χ4v) is 2.22. The fourth-order valence-electron chi connectivity index (χ4n) is 2.22. The summed E-state index contributed by atoms with van der Waals surface area (Å²) in [4.78, 5) is 30.9. The maximum absolute atomic E-state index is 12.2. The van der Waals surface area contributed by atoms with Gasteiger partial charge in [-0.1, -0.05) is 12.1 Å². The van der Waals surface area contributed by atoms with E-state index in [2.05, 4.69) is 15.3 Å². The number of amides is 1. The molecule has 0 saturated carbocycles. The number of aryl methyl sites for hydroxylation is 1. The van der Waals surface area contributed by atoms with Gasteiger partial charge in [0.15, 0.2) is 5.82 Å². The van der Waals surface area contributed by atoms with Gasteiger partial charge in [0, 0.05) is 0 Å². The Morgan fingerprint density at radius 3 is 2.77 bits per heavy atom. The van der Waals surface area contributed by atoms with E-state index in [-0.39, 0.29) is 17.4 Å². The minimum Gasteiger partial charge on any atom is -0.464 e. The standard InChI is InChI=1S/C16H15N3O3/c1-9-7-8-13(22-9)10(2)17-16(21)14-18-12-6-4-3-5-11(12)15(20)19-14/h3-8,10H,1-2H3,(H,17,21)(H,18,19,20)/t10-/m0/s1. The van der Waals surface area contributed by atoms with Gasteiger partial charge in [0.25, 0.3) is 11.5 Å². The molecule has 0 unspecified atom stereocenters. The minimum atomic E-state index is -0.454. The Labute approximate surface area is 126 Å². The minimum absolute atomic E-state index is 0.0150. The van der Waals surface area contributed by atoms with Gasteiger partial charge in [0.1, 0.15) is 11.5 Å². The largest absolute Gasteiger partial charge is 0.464 e. The van der Waals surface area contributed by atoms with Gasteiger partial charge in [-0.2, -0.15) is 0 Å². The van der Waals surface area contributed by atoms with E-state index >= 15 is 0 Å². The Morgan fingerprint density at radius 2 is 2.05 bits per heavy atom. The molecule has 0 aliphatic heterocycles. The number of aromatic amines is 1. The highest BCUT2D eigenvalue weighted by Crippen LogP contribution is 2.16. The lowest BCUT2D eigenvalue weighted by Crippen LogP contribution is -2.30. The molecule has 2 heterocycles. The van der Waals surface area contributed by atoms with Crippen LogP contribution in [0.25, 0.3) is 10.9 Å². The van der Waals surface area contributed by atoms with Crippen LogP contribution in [0.1, 0.15) is 35.1 Å². The van der Waals surface area contributed by atoms with Gasteiger partial charge >= 0.3 is 0 Å². The first-order valence-electron chi connectivity index (χ1n) is 6.91. The van der Waals surface area contributed by atoms with E-state index < -0.39 is 5.91 Å². The number of H-pyrrole nitrogens is 1. The molecule has 3 aromatic rings. The van der Waals surface area contributed by atoms with Crippen molar-refractivity contribution in [2.75, 3.05) is 0 Å². The van der Waals surface area contributed by atoms with Gasteiger partial charge in [0.2, 0.25) is 0 Å². The molecule has 6 nitrogen and oxygen atoms in total. The van der Waals surface area contributed by atoms with E-state index in [0.29, 0.717) is 16.7 Å². The molecule has 112 valence electrons. The van der Waals surface area contributed by atoms with E-state index in [1.807, 2.05) is 13.0 Å². The second-order valence-electron chi connectivity index (χ2n) is 5.08. The first kappa shape index (κ1) is 14.1. The number of para-hydroxylation sites is 1. The van der Waals surface area contributed by atoms with Crippen LogP contribution in [0.4, 0.5) is 0 Å². The molecule has 2 N–H and O–H groups in total. The lowest BCUT2D eigenvalue weighted by molar-refractivity contribution is 0.0924. The average molecular weight is 297 g/mol. The summed E-state index contributed by atoms with van der Waals surface area (Å²) in [5, 5.41) is 3.20. The summed E-state index contributed by atoms with van der Waals surface area (Å²) in [5.41, 5.74) is 0.148. The third-order valence-electron chi connectivity index (χ3n) is 3.36. The van der Waals surface area contributed by atoms with Crippen molar-refractivity contribution in [3.05, 3.63) is 64.1 Å². The average Bonchev–Trinajstić information content (AvgIpc) is 2.94. The Bertz CT molecular complexity index is 895. The number of hydrogen-bond acceptors (Lipinski definition) is 4. The zero-order chi connectivity index (χ0) is 15.7. The highest BCUT2D eigenvalue weighted by Gasteiger charge is 2.16. The predicted octanol–water partition coefficient (Wildman–Crippen LogP) is 2.32. The van der Waals surface area contributed by atoms with Gasteiger partial charge in [0.05, 0.1) is 16.9 Å². The summed E-state index contributed by atoms with van der Waals surface area (Å²) in [5.74, 6) is 0.950. The van der Waals surface area contributed by atoms with E-state index in [4.69, 9.17) is 4.42 Å². The number of furan rings is 1. The number of hydrogen-bond donors (Lipinski definition) is 2. The van der Waals surface area contributed by atoms with Gasteiger partial charge in [-0.3, -0.25) is 9.59 Å². The topological polar surface area (TPSA) is 88.0 Å². The molecule has 22 heavy (non-hydrogen) atoms. The SMILES string of the molecule is Cc1ccc([C@H](C)NC(=O)c2nc3ccccc3c(=O)[nH]2)o1. The molecule has 0 aliphatic rings. The second kappa shape index (κ2) is 5.48. The number of fused-ring (bicyclic) bond motifs is 1. The summed E-state index contributed by atoms with van der Waals surface area (Å²) in [6.45, 7) is 3.63. The van der Waals surface area contributed by atoms with Crippen molar-refractivity contribution in [3.63, 3.8) is 0 Å². The molecule has 0 fully saturated rings. The lowest BCUT2D eigenvalue weighted by atomic mass is 10.2. The van der Waals surface area contributed by atoms with E-state index in [1.165, 1.54) is 0 Å². The van der Waals surface area contributed by atoms with Crippen LogP contribution < -0.4 is 10.9 Å². The Hall–Kier alpha value is -2.89. The monoisotopic (exact) mass is 297 g/mol. The van der Waals surface area contributed by atoms with E-state index in [9.17, 15) is 9.59 Å². The van der Waals surface area contributed by atoms with Gasteiger partial charge in [-0.05, 0) is 38.1 Å². The Kier molecular flexibility index (Phi) is 3.50. The lowest BCUT2D eigenvalue weighted by Gasteiger charge is -2.11. The van der Waals surface area contributed by atoms with Crippen LogP contribution in [-0.2, 0) is 0 Å². The maximum atomic E-state index is 12.2. The van der Waals surface area contributed by atoms with Gasteiger partial charge in [-0.25, -0.2) is 4.98 Å². The van der Waals surface area contributed by atoms with Crippen molar-refractivity contribution in [1.82, 2.24) is 15.3 Å². The molecule has 1 amide bonds. The molecule has 0 saturated heterocycles. The summed E-state index contributed by atoms with van der Waals surface area (Å²) >= 11 is 0. The fraction of sp³-hybridized carbons (Fsp3) is 0.188. The van der Waals surface area contributed by atoms with E-state index in [0.717, 1.165) is 5.76 Å². The number of rotatable bonds is 3. The van der Waals surface area contributed by atoms with Crippen LogP contribution in [-0.4, -0.2) is 15.9 Å². The van der Waals surface area contributed by atoms with E-state index in [1.54, 1.807) is 37.3 Å². The smallest absolute Gasteiger partial charge is 0.287 e. The third-order valence-corrected chi connectivity index (χ3v) is 3.36. The zero-order valence-corrected chi connectivity index (χ0v) is 12.2. The number of aromatic nitrogens is 2. The molecule has 2 aromatic heterocycles. The number of nitrogens with zero attached hydrogens (tertiary/aromatic N) is 1. The van der Waals surface area contributed by atoms with Gasteiger partial charge in [-0.15, -0.1) is 0 Å². The molecule has 0 bridgehead atoms. The first-order chi connectivity index (χ1) is 10.5. The third kappa shape index (κ3) is 2.63. The highest BCUT2D eigenvalue weighted by atomic mass is 16.3. The first-order valence-corrected chi connectivity index (χ1v) is 6.91. The Morgan fingerprint density at radius 1 is 1.27 bits per heavy atom. The van der Waals surface area contributed by atoms with Crippen molar-refractivity contribution in [2.45, 2.75) is 19.9 Å². The van der Waals surface area contributed by atoms with Crippen LogP contribution in [0, 0.1) is 6.92 Å². The van der Waals surface area contributed by atoms with Gasteiger partial charge < -0.3 is 14.7 Å². The molecular formula is C16H15N3O3. The molecule has 1 aromatic carbocycles. The Balaban J connectivity index is 1.87. The molecule has 6 heteroatoms. The van der Waals surface area contributed by atoms with Crippen molar-refractivity contribution in [2.24, 2.45) is 0 Å². The van der Waals surface area contributed by atoms with Crippen molar-refractivity contribution in [1.29, 1.82) is 0 Å².